The number of aromatic nitrogens is 1. The van der Waals surface area contributed by atoms with Gasteiger partial charge in [0.15, 0.2) is 0 Å². The van der Waals surface area contributed by atoms with Gasteiger partial charge in [-0.25, -0.2) is 9.37 Å². The van der Waals surface area contributed by atoms with E-state index < -0.39 is 0 Å². The van der Waals surface area contributed by atoms with Gasteiger partial charge >= 0.3 is 0 Å². The molecule has 1 fully saturated rings. The summed E-state index contributed by atoms with van der Waals surface area (Å²) in [5, 5.41) is 1.14. The van der Waals surface area contributed by atoms with Gasteiger partial charge in [-0.2, -0.15) is 0 Å². The third-order valence-corrected chi connectivity index (χ3v) is 5.82. The molecule has 3 nitrogen and oxygen atoms in total. The van der Waals surface area contributed by atoms with Gasteiger partial charge in [0.25, 0.3) is 0 Å². The lowest BCUT2D eigenvalue weighted by Crippen LogP contribution is -2.40. The second-order valence-electron chi connectivity index (χ2n) is 7.19. The van der Waals surface area contributed by atoms with Crippen LogP contribution >= 0.6 is 11.3 Å². The fourth-order valence-electron chi connectivity index (χ4n) is 3.73. The Balaban J connectivity index is 1.45. The molecule has 2 heterocycles. The first-order valence-corrected chi connectivity index (χ1v) is 9.97. The molecule has 2 aromatic rings. The molecule has 1 atom stereocenters. The van der Waals surface area contributed by atoms with E-state index in [1.165, 1.54) is 17.7 Å². The van der Waals surface area contributed by atoms with Crippen molar-refractivity contribution in [1.29, 1.82) is 0 Å². The maximum Gasteiger partial charge on any atom is 0.126 e. The van der Waals surface area contributed by atoms with Gasteiger partial charge in [-0.1, -0.05) is 18.2 Å². The zero-order chi connectivity index (χ0) is 17.6. The lowest BCUT2D eigenvalue weighted by Gasteiger charge is -2.34. The minimum atomic E-state index is -0.0735. The molecule has 1 aliphatic rings. The van der Waals surface area contributed by atoms with E-state index in [4.69, 9.17) is 0 Å². The lowest BCUT2D eigenvalue weighted by molar-refractivity contribution is 0.142. The van der Waals surface area contributed by atoms with Crippen LogP contribution in [-0.2, 0) is 13.0 Å². The minimum Gasteiger partial charge on any atom is -0.303 e. The second kappa shape index (κ2) is 8.88. The number of hydrogen-bond acceptors (Lipinski definition) is 4. The summed E-state index contributed by atoms with van der Waals surface area (Å²) >= 11 is 1.79. The molecule has 0 unspecified atom stereocenters. The molecule has 5 heteroatoms. The summed E-state index contributed by atoms with van der Waals surface area (Å²) in [4.78, 5) is 10.6. The number of hydrogen-bond donors (Lipinski definition) is 0. The third-order valence-electron chi connectivity index (χ3n) is 4.92. The average molecular weight is 362 g/mol. The van der Waals surface area contributed by atoms with Crippen molar-refractivity contribution in [3.05, 3.63) is 51.7 Å². The van der Waals surface area contributed by atoms with Crippen LogP contribution in [0.15, 0.2) is 30.5 Å². The van der Waals surface area contributed by atoms with Crippen LogP contribution < -0.4 is 0 Å². The molecule has 0 N–H and O–H groups in total. The van der Waals surface area contributed by atoms with Crippen molar-refractivity contribution in [2.45, 2.75) is 32.7 Å². The quantitative estimate of drug-likeness (QED) is 0.744. The largest absolute Gasteiger partial charge is 0.303 e. The van der Waals surface area contributed by atoms with Crippen LogP contribution in [0.2, 0.25) is 0 Å². The monoisotopic (exact) mass is 361 g/mol. The van der Waals surface area contributed by atoms with E-state index in [9.17, 15) is 4.39 Å². The highest BCUT2D eigenvalue weighted by molar-refractivity contribution is 7.11. The fraction of sp³-hybridized carbons (Fsp3) is 0.550. The molecule has 1 aromatic heterocycles. The maximum absolute atomic E-state index is 13.8. The Morgan fingerprint density at radius 3 is 2.96 bits per heavy atom. The number of likely N-dealkylation sites (tertiary alicyclic amines) is 1. The first-order chi connectivity index (χ1) is 12.1. The molecule has 25 heavy (non-hydrogen) atoms. The molecular formula is C20H28FN3S. The highest BCUT2D eigenvalue weighted by atomic mass is 32.1. The lowest BCUT2D eigenvalue weighted by atomic mass is 9.97. The van der Waals surface area contributed by atoms with Gasteiger partial charge in [0, 0.05) is 37.3 Å². The summed E-state index contributed by atoms with van der Waals surface area (Å²) in [6.07, 6.45) is 5.34. The molecule has 0 spiro atoms. The van der Waals surface area contributed by atoms with E-state index in [2.05, 4.69) is 28.8 Å². The Morgan fingerprint density at radius 1 is 1.36 bits per heavy atom. The van der Waals surface area contributed by atoms with Crippen molar-refractivity contribution < 1.29 is 4.39 Å². The fourth-order valence-corrected chi connectivity index (χ4v) is 4.61. The number of rotatable bonds is 7. The van der Waals surface area contributed by atoms with Crippen LogP contribution in [0.1, 0.15) is 28.3 Å². The Morgan fingerprint density at radius 2 is 2.20 bits per heavy atom. The van der Waals surface area contributed by atoms with Gasteiger partial charge in [-0.05, 0) is 57.3 Å². The van der Waals surface area contributed by atoms with Gasteiger partial charge in [0.1, 0.15) is 5.82 Å². The van der Waals surface area contributed by atoms with Crippen molar-refractivity contribution >= 4 is 11.3 Å². The van der Waals surface area contributed by atoms with Crippen molar-refractivity contribution in [2.75, 3.05) is 33.2 Å². The van der Waals surface area contributed by atoms with E-state index in [0.29, 0.717) is 5.92 Å². The van der Waals surface area contributed by atoms with Crippen molar-refractivity contribution in [3.8, 4) is 0 Å². The topological polar surface area (TPSA) is 19.4 Å². The molecule has 0 aliphatic carbocycles. The Hall–Kier alpha value is -1.30. The van der Waals surface area contributed by atoms with E-state index in [-0.39, 0.29) is 5.82 Å². The predicted octanol–water partition coefficient (Wildman–Crippen LogP) is 3.98. The van der Waals surface area contributed by atoms with Crippen LogP contribution in [-0.4, -0.2) is 48.0 Å². The van der Waals surface area contributed by atoms with Crippen LogP contribution in [0.4, 0.5) is 4.39 Å². The molecule has 0 amide bonds. The van der Waals surface area contributed by atoms with Crippen molar-refractivity contribution in [3.63, 3.8) is 0 Å². The Bertz CT molecular complexity index is 672. The minimum absolute atomic E-state index is 0.0735. The SMILES string of the molecule is Cc1ncc(CN(C)C[C@@H]2CCCN(CCc3ccccc3F)C2)s1. The standard InChI is InChI=1S/C20H28FN3S/c1-16-22-12-19(25-16)15-23(2)13-17-6-5-10-24(14-17)11-9-18-7-3-4-8-20(18)21/h3-4,7-8,12,17H,5-6,9-11,13-15H2,1-2H3/t17-/m0/s1. The first kappa shape index (κ1) is 18.5. The second-order valence-corrected chi connectivity index (χ2v) is 8.51. The van der Waals surface area contributed by atoms with E-state index in [1.807, 2.05) is 18.3 Å². The number of aryl methyl sites for hydroxylation is 1. The Labute approximate surface area is 154 Å². The van der Waals surface area contributed by atoms with Crippen molar-refractivity contribution in [2.24, 2.45) is 5.92 Å². The van der Waals surface area contributed by atoms with E-state index >= 15 is 0 Å². The third kappa shape index (κ3) is 5.59. The summed E-state index contributed by atoms with van der Waals surface area (Å²) < 4.78 is 13.8. The maximum atomic E-state index is 13.8. The molecule has 136 valence electrons. The molecule has 3 rings (SSSR count). The average Bonchev–Trinajstić information content (AvgIpc) is 2.99. The highest BCUT2D eigenvalue weighted by Gasteiger charge is 2.21. The van der Waals surface area contributed by atoms with Crippen LogP contribution in [0.5, 0.6) is 0 Å². The van der Waals surface area contributed by atoms with Gasteiger partial charge in [0.05, 0.1) is 5.01 Å². The van der Waals surface area contributed by atoms with E-state index in [1.54, 1.807) is 23.5 Å². The zero-order valence-corrected chi connectivity index (χ0v) is 16.1. The number of piperidine rings is 1. The summed E-state index contributed by atoms with van der Waals surface area (Å²) in [7, 11) is 2.20. The summed E-state index contributed by atoms with van der Waals surface area (Å²) in [6.45, 7) is 7.38. The smallest absolute Gasteiger partial charge is 0.126 e. The molecule has 0 bridgehead atoms. The summed E-state index contributed by atoms with van der Waals surface area (Å²) in [5.74, 6) is 0.629. The summed E-state index contributed by atoms with van der Waals surface area (Å²) in [5.41, 5.74) is 0.835. The van der Waals surface area contributed by atoms with Gasteiger partial charge in [-0.3, -0.25) is 0 Å². The molecule has 1 saturated heterocycles. The number of halogens is 1. The number of benzene rings is 1. The van der Waals surface area contributed by atoms with Crippen LogP contribution in [0.25, 0.3) is 0 Å². The van der Waals surface area contributed by atoms with Gasteiger partial charge in [-0.15, -0.1) is 11.3 Å². The van der Waals surface area contributed by atoms with Crippen LogP contribution in [0, 0.1) is 18.7 Å². The molecule has 1 aromatic carbocycles. The first-order valence-electron chi connectivity index (χ1n) is 9.16. The van der Waals surface area contributed by atoms with Crippen LogP contribution in [0.3, 0.4) is 0 Å². The Kier molecular flexibility index (Phi) is 6.57. The number of nitrogens with zero attached hydrogens (tertiary/aromatic N) is 3. The summed E-state index contributed by atoms with van der Waals surface area (Å²) in [6, 6.07) is 7.15. The highest BCUT2D eigenvalue weighted by Crippen LogP contribution is 2.20. The van der Waals surface area contributed by atoms with Gasteiger partial charge in [0.2, 0.25) is 0 Å². The molecule has 1 aliphatic heterocycles. The molecular weight excluding hydrogens is 333 g/mol. The number of thiazole rings is 1. The van der Waals surface area contributed by atoms with E-state index in [0.717, 1.165) is 49.7 Å². The zero-order valence-electron chi connectivity index (χ0n) is 15.2. The van der Waals surface area contributed by atoms with Crippen molar-refractivity contribution in [1.82, 2.24) is 14.8 Å². The normalized spacial score (nSPS) is 18.8. The van der Waals surface area contributed by atoms with Gasteiger partial charge < -0.3 is 9.80 Å². The molecule has 0 saturated carbocycles. The molecule has 0 radical (unpaired) electrons. The predicted molar refractivity (Wildman–Crippen MR) is 102 cm³/mol.